The average molecular weight is 414 g/mol. The van der Waals surface area contributed by atoms with Crippen LogP contribution in [-0.2, 0) is 6.54 Å². The third kappa shape index (κ3) is 3.74. The molecule has 0 bridgehead atoms. The molecule has 0 aliphatic heterocycles. The Hall–Kier alpha value is -3.52. The molecule has 148 valence electrons. The van der Waals surface area contributed by atoms with E-state index in [9.17, 15) is 4.79 Å². The summed E-state index contributed by atoms with van der Waals surface area (Å²) in [6.45, 7) is 0.0482. The summed E-state index contributed by atoms with van der Waals surface area (Å²) in [6.07, 6.45) is 1.58. The molecular weight excluding hydrogens is 398 g/mol. The molecule has 0 aliphatic carbocycles. The van der Waals surface area contributed by atoms with Crippen molar-refractivity contribution < 1.29 is 18.4 Å². The van der Waals surface area contributed by atoms with Crippen LogP contribution in [-0.4, -0.2) is 28.9 Å². The van der Waals surface area contributed by atoms with Gasteiger partial charge in [0.05, 0.1) is 20.4 Å². The van der Waals surface area contributed by atoms with Gasteiger partial charge in [0.25, 0.3) is 0 Å². The van der Waals surface area contributed by atoms with Gasteiger partial charge in [-0.25, -0.2) is 14.3 Å². The van der Waals surface area contributed by atoms with Crippen LogP contribution in [0.2, 0.25) is 5.02 Å². The maximum Gasteiger partial charge on any atom is 0.442 e. The van der Waals surface area contributed by atoms with Crippen molar-refractivity contribution in [3.05, 3.63) is 70.1 Å². The lowest BCUT2D eigenvalue weighted by molar-refractivity contribution is 0.355. The lowest BCUT2D eigenvalue weighted by Gasteiger charge is -2.09. The molecule has 0 unspecified atom stereocenters. The van der Waals surface area contributed by atoms with E-state index in [2.05, 4.69) is 10.1 Å². The molecule has 4 aromatic rings. The number of benzene rings is 2. The number of hydrogen-bond acceptors (Lipinski definition) is 7. The number of hydrogen-bond donors (Lipinski definition) is 0. The van der Waals surface area contributed by atoms with Gasteiger partial charge in [-0.05, 0) is 30.3 Å². The zero-order chi connectivity index (χ0) is 20.4. The third-order valence-corrected chi connectivity index (χ3v) is 4.52. The molecule has 0 fully saturated rings. The minimum atomic E-state index is -0.628. The molecule has 2 aromatic heterocycles. The molecule has 0 saturated carbocycles. The predicted octanol–water partition coefficient (Wildman–Crippen LogP) is 3.88. The van der Waals surface area contributed by atoms with E-state index in [0.717, 1.165) is 5.56 Å². The van der Waals surface area contributed by atoms with Gasteiger partial charge >= 0.3 is 5.76 Å². The topological polar surface area (TPSA) is 92.5 Å². The van der Waals surface area contributed by atoms with Gasteiger partial charge in [-0.2, -0.15) is 0 Å². The van der Waals surface area contributed by atoms with E-state index >= 15 is 0 Å². The van der Waals surface area contributed by atoms with Crippen molar-refractivity contribution in [2.24, 2.45) is 0 Å². The zero-order valence-electron chi connectivity index (χ0n) is 15.6. The van der Waals surface area contributed by atoms with E-state index < -0.39 is 5.76 Å². The number of nitrogens with zero attached hydrogens (tertiary/aromatic N) is 3. The van der Waals surface area contributed by atoms with Crippen molar-refractivity contribution >= 4 is 11.6 Å². The maximum absolute atomic E-state index is 12.2. The largest absolute Gasteiger partial charge is 0.493 e. The average Bonchev–Trinajstić information content (AvgIpc) is 3.35. The van der Waals surface area contributed by atoms with Crippen molar-refractivity contribution in [3.63, 3.8) is 0 Å². The molecule has 29 heavy (non-hydrogen) atoms. The fraction of sp³-hybridized carbons (Fsp3) is 0.150. The SMILES string of the molecule is COc1ccc(-c2noc(=O)n2Cc2ncc(-c3cccc(Cl)c3)o2)cc1OC. The van der Waals surface area contributed by atoms with Crippen LogP contribution in [0.25, 0.3) is 22.7 Å². The Labute approximate surface area is 170 Å². The van der Waals surface area contributed by atoms with Crippen LogP contribution in [0.5, 0.6) is 11.5 Å². The standard InChI is InChI=1S/C20H16ClN3O5/c1-26-15-7-6-13(9-16(15)27-2)19-23-29-20(25)24(19)11-18-22-10-17(28-18)12-4-3-5-14(21)8-12/h3-10H,11H2,1-2H3. The number of rotatable bonds is 6. The Balaban J connectivity index is 1.66. The Morgan fingerprint density at radius 1 is 1.07 bits per heavy atom. The highest BCUT2D eigenvalue weighted by Gasteiger charge is 2.18. The Bertz CT molecular complexity index is 1210. The summed E-state index contributed by atoms with van der Waals surface area (Å²) in [4.78, 5) is 16.5. The highest BCUT2D eigenvalue weighted by Crippen LogP contribution is 2.31. The molecule has 2 heterocycles. The van der Waals surface area contributed by atoms with Gasteiger partial charge in [0, 0.05) is 16.1 Å². The molecule has 8 nitrogen and oxygen atoms in total. The van der Waals surface area contributed by atoms with Crippen molar-refractivity contribution in [2.75, 3.05) is 14.2 Å². The normalized spacial score (nSPS) is 10.9. The molecule has 4 rings (SSSR count). The molecule has 0 radical (unpaired) electrons. The van der Waals surface area contributed by atoms with Crippen LogP contribution in [0.1, 0.15) is 5.89 Å². The van der Waals surface area contributed by atoms with Crippen LogP contribution in [0.3, 0.4) is 0 Å². The van der Waals surface area contributed by atoms with Gasteiger partial charge in [0.2, 0.25) is 5.89 Å². The van der Waals surface area contributed by atoms with Crippen LogP contribution in [0.15, 0.2) is 62.4 Å². The minimum absolute atomic E-state index is 0.0482. The molecule has 0 saturated heterocycles. The second kappa shape index (κ2) is 7.84. The summed E-state index contributed by atoms with van der Waals surface area (Å²) in [7, 11) is 3.07. The van der Waals surface area contributed by atoms with Gasteiger partial charge < -0.3 is 13.9 Å². The monoisotopic (exact) mass is 413 g/mol. The first-order valence-electron chi connectivity index (χ1n) is 8.58. The van der Waals surface area contributed by atoms with Gasteiger partial charge in [-0.1, -0.05) is 28.9 Å². The smallest absolute Gasteiger partial charge is 0.442 e. The van der Waals surface area contributed by atoms with Crippen LogP contribution >= 0.6 is 11.6 Å². The minimum Gasteiger partial charge on any atom is -0.493 e. The van der Waals surface area contributed by atoms with Crippen molar-refractivity contribution in [1.29, 1.82) is 0 Å². The molecule has 0 N–H and O–H groups in total. The number of methoxy groups -OCH3 is 2. The Morgan fingerprint density at radius 3 is 2.66 bits per heavy atom. The number of halogens is 1. The fourth-order valence-electron chi connectivity index (χ4n) is 2.88. The number of oxazole rings is 1. The van der Waals surface area contributed by atoms with Crippen LogP contribution < -0.4 is 15.2 Å². The van der Waals surface area contributed by atoms with E-state index in [-0.39, 0.29) is 6.54 Å². The highest BCUT2D eigenvalue weighted by molar-refractivity contribution is 6.30. The Morgan fingerprint density at radius 2 is 1.90 bits per heavy atom. The number of ether oxygens (including phenoxy) is 2. The lowest BCUT2D eigenvalue weighted by Crippen LogP contribution is -2.16. The molecule has 0 amide bonds. The van der Waals surface area contributed by atoms with Crippen LogP contribution in [0.4, 0.5) is 0 Å². The summed E-state index contributed by atoms with van der Waals surface area (Å²) in [5.74, 6) is 1.63. The molecule has 9 heteroatoms. The second-order valence-electron chi connectivity index (χ2n) is 6.06. The predicted molar refractivity (Wildman–Crippen MR) is 105 cm³/mol. The molecule has 2 aromatic carbocycles. The molecular formula is C20H16ClN3O5. The summed E-state index contributed by atoms with van der Waals surface area (Å²) < 4.78 is 22.5. The maximum atomic E-state index is 12.2. The van der Waals surface area contributed by atoms with Crippen molar-refractivity contribution in [3.8, 4) is 34.2 Å². The molecule has 0 aliphatic rings. The first-order valence-corrected chi connectivity index (χ1v) is 8.96. The number of aromatic nitrogens is 3. The van der Waals surface area contributed by atoms with Gasteiger partial charge in [-0.15, -0.1) is 0 Å². The van der Waals surface area contributed by atoms with Crippen molar-refractivity contribution in [2.45, 2.75) is 6.54 Å². The first-order chi connectivity index (χ1) is 14.1. The van der Waals surface area contributed by atoms with Gasteiger partial charge in [0.15, 0.2) is 23.1 Å². The Kier molecular flexibility index (Phi) is 5.09. The lowest BCUT2D eigenvalue weighted by atomic mass is 10.2. The summed E-state index contributed by atoms with van der Waals surface area (Å²) in [5, 5.41) is 4.47. The van der Waals surface area contributed by atoms with E-state index in [1.165, 1.54) is 11.7 Å². The van der Waals surface area contributed by atoms with Crippen LogP contribution in [0, 0.1) is 0 Å². The molecule has 0 atom stereocenters. The zero-order valence-corrected chi connectivity index (χ0v) is 16.3. The third-order valence-electron chi connectivity index (χ3n) is 4.28. The fourth-order valence-corrected chi connectivity index (χ4v) is 3.07. The summed E-state index contributed by atoms with van der Waals surface area (Å²) in [5.41, 5.74) is 1.41. The summed E-state index contributed by atoms with van der Waals surface area (Å²) >= 11 is 6.03. The van der Waals surface area contributed by atoms with E-state index in [1.54, 1.807) is 43.6 Å². The quantitative estimate of drug-likeness (QED) is 0.473. The van der Waals surface area contributed by atoms with E-state index in [0.29, 0.717) is 39.6 Å². The highest BCUT2D eigenvalue weighted by atomic mass is 35.5. The molecule has 0 spiro atoms. The summed E-state index contributed by atoms with van der Waals surface area (Å²) in [6, 6.07) is 12.4. The second-order valence-corrected chi connectivity index (χ2v) is 6.49. The van der Waals surface area contributed by atoms with Crippen molar-refractivity contribution in [1.82, 2.24) is 14.7 Å². The van der Waals surface area contributed by atoms with E-state index in [1.807, 2.05) is 12.1 Å². The van der Waals surface area contributed by atoms with Gasteiger partial charge in [-0.3, -0.25) is 4.52 Å². The van der Waals surface area contributed by atoms with E-state index in [4.69, 9.17) is 30.0 Å². The first kappa shape index (κ1) is 18.8. The van der Waals surface area contributed by atoms with Gasteiger partial charge in [0.1, 0.15) is 6.54 Å².